The summed E-state index contributed by atoms with van der Waals surface area (Å²) in [6.07, 6.45) is 1.87. The zero-order chi connectivity index (χ0) is 14.4. The van der Waals surface area contributed by atoms with Crippen molar-refractivity contribution in [3.8, 4) is 0 Å². The largest absolute Gasteiger partial charge is 0.361 e. The monoisotopic (exact) mass is 282 g/mol. The van der Waals surface area contributed by atoms with E-state index in [1.807, 2.05) is 30.5 Å². The molecule has 0 unspecified atom stereocenters. The fourth-order valence-corrected chi connectivity index (χ4v) is 2.65. The standard InChI is InChI=1S/C15H14N4O2/c1-9-17-14(21-18-9)12-7-19(8-12)15(20)11-2-3-13-10(6-11)4-5-16-13/h2-6,12,16H,7-8H2,1H3. The fraction of sp³-hybridized carbons (Fsp3) is 0.267. The molecular weight excluding hydrogens is 268 g/mol. The number of benzene rings is 1. The highest BCUT2D eigenvalue weighted by molar-refractivity contribution is 5.98. The Labute approximate surface area is 120 Å². The molecule has 1 aliphatic rings. The van der Waals surface area contributed by atoms with Gasteiger partial charge in [0.25, 0.3) is 5.91 Å². The lowest BCUT2D eigenvalue weighted by molar-refractivity contribution is 0.0569. The third-order valence-electron chi connectivity index (χ3n) is 3.86. The summed E-state index contributed by atoms with van der Waals surface area (Å²) in [5, 5.41) is 4.83. The molecular formula is C15H14N4O2. The summed E-state index contributed by atoms with van der Waals surface area (Å²) in [5.41, 5.74) is 1.75. The maximum Gasteiger partial charge on any atom is 0.253 e. The molecule has 4 rings (SSSR count). The number of rotatable bonds is 2. The van der Waals surface area contributed by atoms with Gasteiger partial charge in [-0.25, -0.2) is 0 Å². The predicted molar refractivity (Wildman–Crippen MR) is 76.0 cm³/mol. The van der Waals surface area contributed by atoms with Crippen molar-refractivity contribution in [3.63, 3.8) is 0 Å². The van der Waals surface area contributed by atoms with Gasteiger partial charge in [0.1, 0.15) is 0 Å². The summed E-state index contributed by atoms with van der Waals surface area (Å²) >= 11 is 0. The van der Waals surface area contributed by atoms with E-state index in [4.69, 9.17) is 4.52 Å². The van der Waals surface area contributed by atoms with E-state index in [-0.39, 0.29) is 11.8 Å². The van der Waals surface area contributed by atoms with Crippen molar-refractivity contribution in [2.75, 3.05) is 13.1 Å². The number of fused-ring (bicyclic) bond motifs is 1. The number of aryl methyl sites for hydroxylation is 1. The number of carbonyl (C=O) groups is 1. The van der Waals surface area contributed by atoms with Gasteiger partial charge in [-0.3, -0.25) is 4.79 Å². The van der Waals surface area contributed by atoms with Crippen LogP contribution in [0.3, 0.4) is 0 Å². The first-order valence-electron chi connectivity index (χ1n) is 6.87. The third-order valence-corrected chi connectivity index (χ3v) is 3.86. The minimum absolute atomic E-state index is 0.0468. The maximum atomic E-state index is 12.4. The van der Waals surface area contributed by atoms with Crippen LogP contribution in [0.25, 0.3) is 10.9 Å². The van der Waals surface area contributed by atoms with E-state index >= 15 is 0 Å². The summed E-state index contributed by atoms with van der Waals surface area (Å²) in [6, 6.07) is 7.66. The molecule has 0 radical (unpaired) electrons. The second-order valence-corrected chi connectivity index (χ2v) is 5.37. The van der Waals surface area contributed by atoms with Crippen LogP contribution in [0.5, 0.6) is 0 Å². The van der Waals surface area contributed by atoms with E-state index in [0.29, 0.717) is 30.4 Å². The molecule has 0 bridgehead atoms. The summed E-state index contributed by atoms with van der Waals surface area (Å²) in [7, 11) is 0. The number of likely N-dealkylation sites (tertiary alicyclic amines) is 1. The Morgan fingerprint density at radius 2 is 2.24 bits per heavy atom. The Morgan fingerprint density at radius 3 is 3.00 bits per heavy atom. The molecule has 1 fully saturated rings. The van der Waals surface area contributed by atoms with E-state index in [0.717, 1.165) is 10.9 Å². The van der Waals surface area contributed by atoms with Crippen LogP contribution >= 0.6 is 0 Å². The average molecular weight is 282 g/mol. The van der Waals surface area contributed by atoms with Gasteiger partial charge in [-0.15, -0.1) is 0 Å². The summed E-state index contributed by atoms with van der Waals surface area (Å²) in [6.45, 7) is 3.05. The van der Waals surface area contributed by atoms with Crippen LogP contribution in [0.1, 0.15) is 28.0 Å². The third kappa shape index (κ3) is 1.99. The molecule has 21 heavy (non-hydrogen) atoms. The lowest BCUT2D eigenvalue weighted by Crippen LogP contribution is -2.48. The summed E-state index contributed by atoms with van der Waals surface area (Å²) < 4.78 is 5.15. The van der Waals surface area contributed by atoms with Crippen molar-refractivity contribution in [1.82, 2.24) is 20.0 Å². The van der Waals surface area contributed by atoms with Gasteiger partial charge in [0.05, 0.1) is 5.92 Å². The SMILES string of the molecule is Cc1noc(C2CN(C(=O)c3ccc4[nH]ccc4c3)C2)n1. The van der Waals surface area contributed by atoms with Gasteiger partial charge in [-0.1, -0.05) is 5.16 Å². The van der Waals surface area contributed by atoms with Crippen molar-refractivity contribution >= 4 is 16.8 Å². The molecule has 1 aliphatic heterocycles. The predicted octanol–water partition coefficient (Wildman–Crippen LogP) is 2.10. The van der Waals surface area contributed by atoms with E-state index in [9.17, 15) is 4.79 Å². The first-order valence-corrected chi connectivity index (χ1v) is 6.87. The fourth-order valence-electron chi connectivity index (χ4n) is 2.65. The van der Waals surface area contributed by atoms with E-state index in [1.165, 1.54) is 0 Å². The number of carbonyl (C=O) groups excluding carboxylic acids is 1. The van der Waals surface area contributed by atoms with Crippen LogP contribution in [-0.2, 0) is 0 Å². The minimum Gasteiger partial charge on any atom is -0.361 e. The van der Waals surface area contributed by atoms with Gasteiger partial charge in [0.2, 0.25) is 5.89 Å². The molecule has 0 aliphatic carbocycles. The van der Waals surface area contributed by atoms with Gasteiger partial charge < -0.3 is 14.4 Å². The Kier molecular flexibility index (Phi) is 2.57. The zero-order valence-corrected chi connectivity index (χ0v) is 11.5. The average Bonchev–Trinajstić information content (AvgIpc) is 3.05. The number of aromatic nitrogens is 3. The van der Waals surface area contributed by atoms with E-state index < -0.39 is 0 Å². The number of aromatic amines is 1. The zero-order valence-electron chi connectivity index (χ0n) is 11.5. The van der Waals surface area contributed by atoms with Gasteiger partial charge in [0.15, 0.2) is 5.82 Å². The van der Waals surface area contributed by atoms with Crippen LogP contribution in [0, 0.1) is 6.92 Å². The molecule has 2 aromatic heterocycles. The van der Waals surface area contributed by atoms with Crippen molar-refractivity contribution in [1.29, 1.82) is 0 Å². The Bertz CT molecular complexity index is 814. The van der Waals surface area contributed by atoms with Gasteiger partial charge >= 0.3 is 0 Å². The van der Waals surface area contributed by atoms with Gasteiger partial charge in [0, 0.05) is 35.8 Å². The molecule has 3 heterocycles. The number of hydrogen-bond donors (Lipinski definition) is 1. The first kappa shape index (κ1) is 12.1. The topological polar surface area (TPSA) is 75.0 Å². The van der Waals surface area contributed by atoms with Gasteiger partial charge in [-0.05, 0) is 31.2 Å². The highest BCUT2D eigenvalue weighted by Crippen LogP contribution is 2.27. The molecule has 6 nitrogen and oxygen atoms in total. The van der Waals surface area contributed by atoms with Crippen LogP contribution in [0.2, 0.25) is 0 Å². The highest BCUT2D eigenvalue weighted by Gasteiger charge is 2.35. The van der Waals surface area contributed by atoms with Crippen LogP contribution < -0.4 is 0 Å². The van der Waals surface area contributed by atoms with Crippen LogP contribution in [-0.4, -0.2) is 39.0 Å². The molecule has 1 amide bonds. The van der Waals surface area contributed by atoms with Crippen molar-refractivity contribution in [2.45, 2.75) is 12.8 Å². The summed E-state index contributed by atoms with van der Waals surface area (Å²) in [4.78, 5) is 21.6. The second-order valence-electron chi connectivity index (χ2n) is 5.37. The number of nitrogens with zero attached hydrogens (tertiary/aromatic N) is 3. The quantitative estimate of drug-likeness (QED) is 0.781. The maximum absolute atomic E-state index is 12.4. The number of amides is 1. The molecule has 6 heteroatoms. The first-order chi connectivity index (χ1) is 10.2. The van der Waals surface area contributed by atoms with Crippen molar-refractivity contribution in [3.05, 3.63) is 47.7 Å². The number of hydrogen-bond acceptors (Lipinski definition) is 4. The molecule has 0 atom stereocenters. The summed E-state index contributed by atoms with van der Waals surface area (Å²) in [5.74, 6) is 1.46. The Balaban J connectivity index is 1.49. The molecule has 1 aromatic carbocycles. The lowest BCUT2D eigenvalue weighted by atomic mass is 9.98. The highest BCUT2D eigenvalue weighted by atomic mass is 16.5. The van der Waals surface area contributed by atoms with Crippen molar-refractivity contribution in [2.24, 2.45) is 0 Å². The number of nitrogens with one attached hydrogen (secondary N) is 1. The van der Waals surface area contributed by atoms with Crippen LogP contribution in [0.4, 0.5) is 0 Å². The second kappa shape index (κ2) is 4.44. The van der Waals surface area contributed by atoms with Gasteiger partial charge in [-0.2, -0.15) is 4.98 Å². The smallest absolute Gasteiger partial charge is 0.253 e. The molecule has 0 spiro atoms. The van der Waals surface area contributed by atoms with E-state index in [2.05, 4.69) is 15.1 Å². The molecule has 1 N–H and O–H groups in total. The van der Waals surface area contributed by atoms with Crippen molar-refractivity contribution < 1.29 is 9.32 Å². The minimum atomic E-state index is 0.0468. The Hall–Kier alpha value is -2.63. The molecule has 3 aromatic rings. The Morgan fingerprint density at radius 1 is 1.38 bits per heavy atom. The molecule has 106 valence electrons. The normalized spacial score (nSPS) is 15.4. The van der Waals surface area contributed by atoms with Crippen LogP contribution in [0.15, 0.2) is 35.0 Å². The lowest BCUT2D eigenvalue weighted by Gasteiger charge is -2.37. The van der Waals surface area contributed by atoms with E-state index in [1.54, 1.807) is 11.8 Å². The number of H-pyrrole nitrogens is 1. The molecule has 0 saturated carbocycles. The molecule has 1 saturated heterocycles.